The smallest absolute Gasteiger partial charge is 0.224 e. The summed E-state index contributed by atoms with van der Waals surface area (Å²) >= 11 is 0. The van der Waals surface area contributed by atoms with Crippen molar-refractivity contribution in [2.45, 2.75) is 39.7 Å². The highest BCUT2D eigenvalue weighted by atomic mass is 16.3. The molecule has 0 saturated heterocycles. The molecule has 0 unspecified atom stereocenters. The van der Waals surface area contributed by atoms with Crippen LogP contribution in [0.2, 0.25) is 0 Å². The molecule has 126 valence electrons. The Morgan fingerprint density at radius 2 is 2.04 bits per heavy atom. The van der Waals surface area contributed by atoms with Gasteiger partial charge < -0.3 is 15.3 Å². The number of hydrogen-bond donors (Lipinski definition) is 2. The summed E-state index contributed by atoms with van der Waals surface area (Å²) < 4.78 is 0. The molecule has 0 bridgehead atoms. The van der Waals surface area contributed by atoms with Gasteiger partial charge in [0.2, 0.25) is 11.8 Å². The predicted molar refractivity (Wildman–Crippen MR) is 88.7 cm³/mol. The molecule has 1 aromatic rings. The quantitative estimate of drug-likeness (QED) is 0.772. The molecule has 0 spiro atoms. The third-order valence-electron chi connectivity index (χ3n) is 4.28. The Labute approximate surface area is 137 Å². The van der Waals surface area contributed by atoms with E-state index in [0.717, 1.165) is 18.4 Å². The van der Waals surface area contributed by atoms with Crippen LogP contribution in [-0.4, -0.2) is 34.9 Å². The largest absolute Gasteiger partial charge is 0.508 e. The highest BCUT2D eigenvalue weighted by Gasteiger charge is 2.38. The maximum absolute atomic E-state index is 12.4. The molecular formula is C18H26N2O3. The maximum atomic E-state index is 12.4. The number of carbonyl (C=O) groups excluding carboxylic acids is 2. The topological polar surface area (TPSA) is 69.6 Å². The van der Waals surface area contributed by atoms with Crippen molar-refractivity contribution in [2.24, 2.45) is 11.8 Å². The molecule has 5 heteroatoms. The zero-order chi connectivity index (χ0) is 16.8. The lowest BCUT2D eigenvalue weighted by atomic mass is 10.1. The number of rotatable bonds is 8. The Bertz CT molecular complexity index is 559. The first-order valence-electron chi connectivity index (χ1n) is 8.35. The fourth-order valence-corrected chi connectivity index (χ4v) is 2.68. The molecule has 2 rings (SSSR count). The number of aromatic hydroxyl groups is 1. The Morgan fingerprint density at radius 1 is 1.35 bits per heavy atom. The van der Waals surface area contributed by atoms with Gasteiger partial charge in [0.15, 0.2) is 0 Å². The summed E-state index contributed by atoms with van der Waals surface area (Å²) in [5, 5.41) is 12.7. The average molecular weight is 318 g/mol. The number of phenolic OH excluding ortho intramolecular Hbond substituents is 1. The molecule has 0 aliphatic heterocycles. The van der Waals surface area contributed by atoms with E-state index < -0.39 is 0 Å². The number of amides is 2. The fraction of sp³-hybridized carbons (Fsp3) is 0.556. The molecule has 2 atom stereocenters. The van der Waals surface area contributed by atoms with E-state index in [-0.39, 0.29) is 23.5 Å². The van der Waals surface area contributed by atoms with Gasteiger partial charge in [0.05, 0.1) is 0 Å². The van der Waals surface area contributed by atoms with Gasteiger partial charge in [-0.2, -0.15) is 0 Å². The van der Waals surface area contributed by atoms with Gasteiger partial charge in [-0.15, -0.1) is 0 Å². The standard InChI is InChI=1S/C18H26N2O3/c1-3-10-20(12-14-6-4-5-7-16(14)21)17(22)8-9-19-18(23)15-11-13(15)2/h4-7,13,15,21H,3,8-12H2,1-2H3,(H,19,23)/t13-,15+/m0/s1. The van der Waals surface area contributed by atoms with Crippen LogP contribution in [0.3, 0.4) is 0 Å². The Morgan fingerprint density at radius 3 is 2.65 bits per heavy atom. The molecule has 1 aromatic carbocycles. The average Bonchev–Trinajstić information content (AvgIpc) is 3.25. The van der Waals surface area contributed by atoms with Crippen molar-refractivity contribution in [3.8, 4) is 5.75 Å². The minimum absolute atomic E-state index is 0.000696. The summed E-state index contributed by atoms with van der Waals surface area (Å²) in [4.78, 5) is 25.9. The van der Waals surface area contributed by atoms with Crippen molar-refractivity contribution < 1.29 is 14.7 Å². The molecule has 0 radical (unpaired) electrons. The van der Waals surface area contributed by atoms with Crippen molar-refractivity contribution >= 4 is 11.8 Å². The second-order valence-electron chi connectivity index (χ2n) is 6.30. The second kappa shape index (κ2) is 7.99. The fourth-order valence-electron chi connectivity index (χ4n) is 2.68. The lowest BCUT2D eigenvalue weighted by Crippen LogP contribution is -2.35. The molecule has 2 amide bonds. The number of carbonyl (C=O) groups is 2. The molecule has 0 heterocycles. The first-order chi connectivity index (χ1) is 11.0. The molecular weight excluding hydrogens is 292 g/mol. The number of nitrogens with zero attached hydrogens (tertiary/aromatic N) is 1. The summed E-state index contributed by atoms with van der Waals surface area (Å²) in [5.74, 6) is 0.881. The summed E-state index contributed by atoms with van der Waals surface area (Å²) in [5.41, 5.74) is 0.741. The minimum atomic E-state index is -0.000696. The molecule has 2 N–H and O–H groups in total. The van der Waals surface area contributed by atoms with Crippen LogP contribution >= 0.6 is 0 Å². The van der Waals surface area contributed by atoms with Crippen LogP contribution in [0, 0.1) is 11.8 Å². The summed E-state index contributed by atoms with van der Waals surface area (Å²) in [6.07, 6.45) is 2.10. The maximum Gasteiger partial charge on any atom is 0.224 e. The molecule has 23 heavy (non-hydrogen) atoms. The van der Waals surface area contributed by atoms with Crippen LogP contribution in [0.25, 0.3) is 0 Å². The van der Waals surface area contributed by atoms with Gasteiger partial charge in [-0.3, -0.25) is 9.59 Å². The third kappa shape index (κ3) is 4.98. The van der Waals surface area contributed by atoms with Crippen molar-refractivity contribution in [3.05, 3.63) is 29.8 Å². The molecule has 5 nitrogen and oxygen atoms in total. The predicted octanol–water partition coefficient (Wildman–Crippen LogP) is 2.29. The van der Waals surface area contributed by atoms with Crippen molar-refractivity contribution in [2.75, 3.05) is 13.1 Å². The third-order valence-corrected chi connectivity index (χ3v) is 4.28. The van der Waals surface area contributed by atoms with Crippen LogP contribution in [0.1, 0.15) is 38.7 Å². The second-order valence-corrected chi connectivity index (χ2v) is 6.30. The van der Waals surface area contributed by atoms with E-state index in [1.54, 1.807) is 17.0 Å². The summed E-state index contributed by atoms with van der Waals surface area (Å²) in [6.45, 7) is 5.49. The highest BCUT2D eigenvalue weighted by molar-refractivity contribution is 5.82. The van der Waals surface area contributed by atoms with E-state index in [1.807, 2.05) is 19.1 Å². The number of nitrogens with one attached hydrogen (secondary N) is 1. The SMILES string of the molecule is CCCN(Cc1ccccc1O)C(=O)CCNC(=O)[C@@H]1C[C@@H]1C. The molecule has 1 aliphatic carbocycles. The van der Waals surface area contributed by atoms with Gasteiger partial charge in [-0.05, 0) is 24.8 Å². The Hall–Kier alpha value is -2.04. The summed E-state index contributed by atoms with van der Waals surface area (Å²) in [7, 11) is 0. The van der Waals surface area contributed by atoms with E-state index >= 15 is 0 Å². The summed E-state index contributed by atoms with van der Waals surface area (Å²) in [6, 6.07) is 7.06. The highest BCUT2D eigenvalue weighted by Crippen LogP contribution is 2.37. The van der Waals surface area contributed by atoms with Gasteiger partial charge in [0.1, 0.15) is 5.75 Å². The lowest BCUT2D eigenvalue weighted by Gasteiger charge is -2.23. The number of para-hydroxylation sites is 1. The zero-order valence-electron chi connectivity index (χ0n) is 13.9. The van der Waals surface area contributed by atoms with Crippen LogP contribution in [0.5, 0.6) is 5.75 Å². The van der Waals surface area contributed by atoms with Crippen molar-refractivity contribution in [1.82, 2.24) is 10.2 Å². The number of phenols is 1. The first-order valence-corrected chi connectivity index (χ1v) is 8.35. The van der Waals surface area contributed by atoms with Crippen LogP contribution in [-0.2, 0) is 16.1 Å². The van der Waals surface area contributed by atoms with Crippen molar-refractivity contribution in [3.63, 3.8) is 0 Å². The van der Waals surface area contributed by atoms with Crippen LogP contribution in [0.4, 0.5) is 0 Å². The van der Waals surface area contributed by atoms with Gasteiger partial charge in [0, 0.05) is 37.5 Å². The van der Waals surface area contributed by atoms with Gasteiger partial charge in [-0.25, -0.2) is 0 Å². The Kier molecular flexibility index (Phi) is 6.02. The molecule has 1 saturated carbocycles. The van der Waals surface area contributed by atoms with Crippen LogP contribution < -0.4 is 5.32 Å². The van der Waals surface area contributed by atoms with Crippen LogP contribution in [0.15, 0.2) is 24.3 Å². The molecule has 1 aliphatic rings. The Balaban J connectivity index is 1.83. The minimum Gasteiger partial charge on any atom is -0.508 e. The van der Waals surface area contributed by atoms with E-state index in [4.69, 9.17) is 0 Å². The van der Waals surface area contributed by atoms with E-state index in [9.17, 15) is 14.7 Å². The zero-order valence-corrected chi connectivity index (χ0v) is 13.9. The lowest BCUT2D eigenvalue weighted by molar-refractivity contribution is -0.132. The van der Waals surface area contributed by atoms with Gasteiger partial charge >= 0.3 is 0 Å². The van der Waals surface area contributed by atoms with E-state index in [2.05, 4.69) is 12.2 Å². The number of benzene rings is 1. The number of hydrogen-bond acceptors (Lipinski definition) is 3. The van der Waals surface area contributed by atoms with Gasteiger partial charge in [-0.1, -0.05) is 32.0 Å². The molecule has 1 fully saturated rings. The monoisotopic (exact) mass is 318 g/mol. The first kappa shape index (κ1) is 17.3. The van der Waals surface area contributed by atoms with Crippen molar-refractivity contribution in [1.29, 1.82) is 0 Å². The normalized spacial score (nSPS) is 19.2. The molecule has 0 aromatic heterocycles. The van der Waals surface area contributed by atoms with E-state index in [1.165, 1.54) is 0 Å². The van der Waals surface area contributed by atoms with E-state index in [0.29, 0.717) is 32.0 Å². The van der Waals surface area contributed by atoms with Gasteiger partial charge in [0.25, 0.3) is 0 Å².